The standard InChI is InChI=1S/C27H21FN4O/c1-33-22-4-2-3-19(13-22)5-8-20-14-23-25(15-24(20)28)30-16-26-27(23)32(17-31-26)21-9-6-18(7-10-21)11-12-29/h2-4,6-7,9-10,13-17H,11-12,29H2,1H3. The number of nitrogens with zero attached hydrogens (tertiary/aromatic N) is 3. The van der Waals surface area contributed by atoms with Crippen LogP contribution in [0.15, 0.2) is 73.2 Å². The second kappa shape index (κ2) is 8.73. The van der Waals surface area contributed by atoms with Crippen molar-refractivity contribution in [3.63, 3.8) is 0 Å². The summed E-state index contributed by atoms with van der Waals surface area (Å²) in [4.78, 5) is 8.91. The van der Waals surface area contributed by atoms with Gasteiger partial charge in [-0.2, -0.15) is 0 Å². The fourth-order valence-corrected chi connectivity index (χ4v) is 3.84. The number of aromatic nitrogens is 3. The van der Waals surface area contributed by atoms with Gasteiger partial charge in [0.25, 0.3) is 0 Å². The maximum Gasteiger partial charge on any atom is 0.141 e. The van der Waals surface area contributed by atoms with Gasteiger partial charge < -0.3 is 10.5 Å². The Balaban J connectivity index is 1.64. The molecule has 3 aromatic carbocycles. The molecule has 0 aliphatic heterocycles. The highest BCUT2D eigenvalue weighted by atomic mass is 19.1. The van der Waals surface area contributed by atoms with Crippen LogP contribution in [0.25, 0.3) is 27.6 Å². The van der Waals surface area contributed by atoms with Crippen molar-refractivity contribution in [2.45, 2.75) is 6.42 Å². The molecule has 0 aliphatic rings. The molecule has 0 spiro atoms. The van der Waals surface area contributed by atoms with E-state index in [1.54, 1.807) is 25.7 Å². The second-order valence-corrected chi connectivity index (χ2v) is 7.64. The maximum absolute atomic E-state index is 14.8. The summed E-state index contributed by atoms with van der Waals surface area (Å²) in [5.41, 5.74) is 11.0. The molecule has 0 atom stereocenters. The number of hydrogen-bond acceptors (Lipinski definition) is 4. The van der Waals surface area contributed by atoms with Crippen LogP contribution in [0.1, 0.15) is 16.7 Å². The highest BCUT2D eigenvalue weighted by molar-refractivity contribution is 6.03. The normalized spacial score (nSPS) is 10.9. The molecule has 0 saturated carbocycles. The molecule has 0 radical (unpaired) electrons. The molecule has 2 heterocycles. The van der Waals surface area contributed by atoms with Crippen LogP contribution in [0.4, 0.5) is 4.39 Å². The van der Waals surface area contributed by atoms with Crippen molar-refractivity contribution >= 4 is 21.9 Å². The quantitative estimate of drug-likeness (QED) is 0.418. The Morgan fingerprint density at radius 3 is 2.64 bits per heavy atom. The molecule has 0 amide bonds. The van der Waals surface area contributed by atoms with E-state index in [1.165, 1.54) is 11.6 Å². The molecular weight excluding hydrogens is 415 g/mol. The molecule has 5 aromatic rings. The zero-order chi connectivity index (χ0) is 22.8. The van der Waals surface area contributed by atoms with Gasteiger partial charge in [-0.3, -0.25) is 9.55 Å². The average molecular weight is 436 g/mol. The highest BCUT2D eigenvalue weighted by Gasteiger charge is 2.13. The van der Waals surface area contributed by atoms with Gasteiger partial charge in [0.05, 0.1) is 29.9 Å². The zero-order valence-electron chi connectivity index (χ0n) is 18.0. The summed E-state index contributed by atoms with van der Waals surface area (Å²) < 4.78 is 22.1. The molecule has 2 N–H and O–H groups in total. The van der Waals surface area contributed by atoms with E-state index in [1.807, 2.05) is 41.0 Å². The Morgan fingerprint density at radius 1 is 1.00 bits per heavy atom. The molecule has 0 saturated heterocycles. The monoisotopic (exact) mass is 436 g/mol. The number of ether oxygens (including phenoxy) is 1. The van der Waals surface area contributed by atoms with Gasteiger partial charge in [0, 0.05) is 22.7 Å². The molecule has 0 fully saturated rings. The predicted octanol–water partition coefficient (Wildman–Crippen LogP) is 4.62. The maximum atomic E-state index is 14.8. The summed E-state index contributed by atoms with van der Waals surface area (Å²) in [6.07, 6.45) is 4.25. The van der Waals surface area contributed by atoms with E-state index in [-0.39, 0.29) is 0 Å². The lowest BCUT2D eigenvalue weighted by Gasteiger charge is -2.08. The van der Waals surface area contributed by atoms with E-state index in [9.17, 15) is 4.39 Å². The fourth-order valence-electron chi connectivity index (χ4n) is 3.84. The topological polar surface area (TPSA) is 66.0 Å². The Bertz CT molecular complexity index is 1530. The van der Waals surface area contributed by atoms with Crippen molar-refractivity contribution in [2.24, 2.45) is 5.73 Å². The van der Waals surface area contributed by atoms with Crippen molar-refractivity contribution in [3.05, 3.63) is 95.7 Å². The first-order valence-corrected chi connectivity index (χ1v) is 10.6. The summed E-state index contributed by atoms with van der Waals surface area (Å²) in [5.74, 6) is 6.27. The Kier molecular flexibility index (Phi) is 5.47. The Morgan fingerprint density at radius 2 is 1.85 bits per heavy atom. The van der Waals surface area contributed by atoms with Gasteiger partial charge in [-0.15, -0.1) is 0 Å². The van der Waals surface area contributed by atoms with Gasteiger partial charge in [-0.1, -0.05) is 30.0 Å². The van der Waals surface area contributed by atoms with Crippen LogP contribution >= 0.6 is 0 Å². The number of fused-ring (bicyclic) bond motifs is 3. The lowest BCUT2D eigenvalue weighted by molar-refractivity contribution is 0.414. The molecule has 33 heavy (non-hydrogen) atoms. The van der Waals surface area contributed by atoms with Crippen molar-refractivity contribution < 1.29 is 9.13 Å². The molecule has 5 nitrogen and oxygen atoms in total. The minimum absolute atomic E-state index is 0.297. The predicted molar refractivity (Wildman–Crippen MR) is 128 cm³/mol. The molecule has 6 heteroatoms. The second-order valence-electron chi connectivity index (χ2n) is 7.64. The van der Waals surface area contributed by atoms with Crippen molar-refractivity contribution in [1.29, 1.82) is 0 Å². The molecule has 0 aliphatic carbocycles. The molecule has 5 rings (SSSR count). The summed E-state index contributed by atoms with van der Waals surface area (Å²) >= 11 is 0. The number of rotatable bonds is 4. The minimum Gasteiger partial charge on any atom is -0.497 e. The highest BCUT2D eigenvalue weighted by Crippen LogP contribution is 2.28. The molecule has 2 aromatic heterocycles. The molecule has 162 valence electrons. The number of pyridine rings is 1. The molecule has 0 bridgehead atoms. The number of benzene rings is 3. The largest absolute Gasteiger partial charge is 0.497 e. The van der Waals surface area contributed by atoms with Crippen LogP contribution in [0.2, 0.25) is 0 Å². The van der Waals surface area contributed by atoms with Crippen LogP contribution in [0, 0.1) is 17.7 Å². The number of imidazole rings is 1. The first-order chi connectivity index (χ1) is 16.2. The summed E-state index contributed by atoms with van der Waals surface area (Å²) in [6, 6.07) is 18.7. The zero-order valence-corrected chi connectivity index (χ0v) is 18.0. The lowest BCUT2D eigenvalue weighted by atomic mass is 10.1. The van der Waals surface area contributed by atoms with E-state index in [2.05, 4.69) is 33.9 Å². The van der Waals surface area contributed by atoms with Gasteiger partial charge in [0.2, 0.25) is 0 Å². The third-order valence-corrected chi connectivity index (χ3v) is 5.52. The van der Waals surface area contributed by atoms with Gasteiger partial charge in [0.1, 0.15) is 23.4 Å². The number of nitrogens with two attached hydrogens (primary N) is 1. The fraction of sp³-hybridized carbons (Fsp3) is 0.111. The lowest BCUT2D eigenvalue weighted by Crippen LogP contribution is -2.02. The van der Waals surface area contributed by atoms with Crippen molar-refractivity contribution in [1.82, 2.24) is 14.5 Å². The molecule has 0 unspecified atom stereocenters. The van der Waals surface area contributed by atoms with E-state index in [4.69, 9.17) is 10.5 Å². The van der Waals surface area contributed by atoms with Crippen LogP contribution in [0.3, 0.4) is 0 Å². The van der Waals surface area contributed by atoms with Crippen LogP contribution in [-0.2, 0) is 6.42 Å². The van der Waals surface area contributed by atoms with Crippen LogP contribution < -0.4 is 10.5 Å². The van der Waals surface area contributed by atoms with Gasteiger partial charge in [0.15, 0.2) is 0 Å². The smallest absolute Gasteiger partial charge is 0.141 e. The Labute approximate surface area is 190 Å². The summed E-state index contributed by atoms with van der Waals surface area (Å²) in [5, 5.41) is 0.785. The van der Waals surface area contributed by atoms with Crippen molar-refractivity contribution in [2.75, 3.05) is 13.7 Å². The third-order valence-electron chi connectivity index (χ3n) is 5.52. The first-order valence-electron chi connectivity index (χ1n) is 10.6. The van der Waals surface area contributed by atoms with Crippen LogP contribution in [-0.4, -0.2) is 28.2 Å². The minimum atomic E-state index is -0.415. The van der Waals surface area contributed by atoms with E-state index in [0.29, 0.717) is 23.4 Å². The Hall–Kier alpha value is -4.21. The number of hydrogen-bond donors (Lipinski definition) is 1. The summed E-state index contributed by atoms with van der Waals surface area (Å²) in [6.45, 7) is 0.606. The third kappa shape index (κ3) is 4.02. The van der Waals surface area contributed by atoms with Crippen molar-refractivity contribution in [3.8, 4) is 23.3 Å². The molecular formula is C27H21FN4O. The van der Waals surface area contributed by atoms with E-state index < -0.39 is 5.82 Å². The average Bonchev–Trinajstić information content (AvgIpc) is 3.28. The van der Waals surface area contributed by atoms with E-state index >= 15 is 0 Å². The van der Waals surface area contributed by atoms with E-state index in [0.717, 1.165) is 34.1 Å². The van der Waals surface area contributed by atoms with Crippen LogP contribution in [0.5, 0.6) is 5.75 Å². The number of methoxy groups -OCH3 is 1. The van der Waals surface area contributed by atoms with Gasteiger partial charge in [-0.05, 0) is 54.9 Å². The SMILES string of the molecule is COc1cccc(C#Cc2cc3c(cc2F)ncc2ncn(-c4ccc(CCN)cc4)c23)c1. The number of halogens is 1. The van der Waals surface area contributed by atoms with Gasteiger partial charge >= 0.3 is 0 Å². The first kappa shape index (κ1) is 20.7. The summed E-state index contributed by atoms with van der Waals surface area (Å²) in [7, 11) is 1.60. The van der Waals surface area contributed by atoms with Gasteiger partial charge in [-0.25, -0.2) is 9.37 Å².